The molecule has 0 aromatic rings. The van der Waals surface area contributed by atoms with E-state index in [0.717, 1.165) is 19.3 Å². The molecule has 2 fully saturated rings. The summed E-state index contributed by atoms with van der Waals surface area (Å²) < 4.78 is 0. The van der Waals surface area contributed by atoms with Gasteiger partial charge in [0.25, 0.3) is 0 Å². The topological polar surface area (TPSA) is 58.9 Å². The van der Waals surface area contributed by atoms with Crippen molar-refractivity contribution in [3.8, 4) is 0 Å². The van der Waals surface area contributed by atoms with Gasteiger partial charge in [0.05, 0.1) is 0 Å². The molecule has 2 bridgehead atoms. The highest BCUT2D eigenvalue weighted by molar-refractivity contribution is 5.04. The maximum Gasteiger partial charge on any atom is 0.121 e. The maximum atomic E-state index is 10.3. The van der Waals surface area contributed by atoms with E-state index in [1.54, 1.807) is 0 Å². The van der Waals surface area contributed by atoms with Crippen molar-refractivity contribution in [2.24, 2.45) is 22.2 Å². The molecule has 11 heavy (non-hydrogen) atoms. The fourth-order valence-electron chi connectivity index (χ4n) is 2.53. The Labute approximate surface area is 64.3 Å². The van der Waals surface area contributed by atoms with Crippen molar-refractivity contribution in [1.82, 2.24) is 0 Å². The lowest BCUT2D eigenvalue weighted by Gasteiger charge is -2.18. The first kappa shape index (κ1) is 6.88. The zero-order valence-electron chi connectivity index (χ0n) is 6.14. The Kier molecular flexibility index (Phi) is 1.47. The molecule has 0 radical (unpaired) electrons. The maximum absolute atomic E-state index is 10.3. The van der Waals surface area contributed by atoms with Gasteiger partial charge < -0.3 is 0 Å². The van der Waals surface area contributed by atoms with Gasteiger partial charge >= 0.3 is 0 Å². The van der Waals surface area contributed by atoms with Crippen molar-refractivity contribution in [3.05, 3.63) is 9.81 Å². The molecule has 0 aromatic carbocycles. The van der Waals surface area contributed by atoms with Crippen LogP contribution in [0.5, 0.6) is 0 Å². The van der Waals surface area contributed by atoms with Crippen LogP contribution in [0.3, 0.4) is 0 Å². The summed E-state index contributed by atoms with van der Waals surface area (Å²) in [6.07, 6.45) is 3.12. The second-order valence-electron chi connectivity index (χ2n) is 3.53. The van der Waals surface area contributed by atoms with E-state index in [0.29, 0.717) is 11.8 Å². The monoisotopic (exact) mass is 154 g/mol. The van der Waals surface area contributed by atoms with E-state index in [1.807, 2.05) is 0 Å². The molecular formula is C7H10N2O2. The third-order valence-corrected chi connectivity index (χ3v) is 3.07. The average molecular weight is 154 g/mol. The molecule has 4 heteroatoms. The van der Waals surface area contributed by atoms with Gasteiger partial charge in [-0.1, -0.05) is 10.4 Å². The smallest absolute Gasteiger partial charge is 0.121 e. The fraction of sp³-hybridized carbons (Fsp3) is 1.00. The molecule has 4 nitrogen and oxygen atoms in total. The molecule has 0 spiro atoms. The third-order valence-electron chi connectivity index (χ3n) is 3.07. The Morgan fingerprint density at radius 3 is 1.73 bits per heavy atom. The van der Waals surface area contributed by atoms with Gasteiger partial charge in [-0.2, -0.15) is 9.81 Å². The Morgan fingerprint density at radius 1 is 0.909 bits per heavy atom. The van der Waals surface area contributed by atoms with Crippen molar-refractivity contribution in [2.75, 3.05) is 0 Å². The lowest BCUT2D eigenvalue weighted by molar-refractivity contribution is 0.365. The minimum Gasteiger partial charge on any atom is -0.150 e. The highest BCUT2D eigenvalue weighted by Crippen LogP contribution is 2.47. The summed E-state index contributed by atoms with van der Waals surface area (Å²) in [5, 5.41) is 5.96. The van der Waals surface area contributed by atoms with Gasteiger partial charge in [0.15, 0.2) is 0 Å². The molecule has 2 rings (SSSR count). The average Bonchev–Trinajstić information content (AvgIpc) is 2.60. The molecule has 0 saturated heterocycles. The first-order chi connectivity index (χ1) is 5.36. The minimum atomic E-state index is -0.300. The largest absolute Gasteiger partial charge is 0.150 e. The fourth-order valence-corrected chi connectivity index (χ4v) is 2.53. The molecule has 60 valence electrons. The summed E-state index contributed by atoms with van der Waals surface area (Å²) >= 11 is 0. The summed E-state index contributed by atoms with van der Waals surface area (Å²) in [6.45, 7) is 0. The van der Waals surface area contributed by atoms with Gasteiger partial charge in [0, 0.05) is 0 Å². The molecule has 0 unspecified atom stereocenters. The van der Waals surface area contributed by atoms with E-state index < -0.39 is 0 Å². The predicted molar refractivity (Wildman–Crippen MR) is 40.0 cm³/mol. The summed E-state index contributed by atoms with van der Waals surface area (Å²) in [6, 6.07) is -0.600. The van der Waals surface area contributed by atoms with Crippen LogP contribution in [0.1, 0.15) is 19.3 Å². The van der Waals surface area contributed by atoms with Crippen LogP contribution in [-0.2, 0) is 0 Å². The third kappa shape index (κ3) is 0.814. The van der Waals surface area contributed by atoms with Gasteiger partial charge in [0.2, 0.25) is 0 Å². The van der Waals surface area contributed by atoms with E-state index in [4.69, 9.17) is 0 Å². The van der Waals surface area contributed by atoms with Crippen LogP contribution >= 0.6 is 0 Å². The molecule has 0 N–H and O–H groups in total. The summed E-state index contributed by atoms with van der Waals surface area (Å²) in [5.74, 6) is 0.723. The molecule has 0 amide bonds. The van der Waals surface area contributed by atoms with Gasteiger partial charge in [-0.05, 0) is 31.1 Å². The minimum absolute atomic E-state index is 0.300. The summed E-state index contributed by atoms with van der Waals surface area (Å²) in [7, 11) is 0. The van der Waals surface area contributed by atoms with Crippen LogP contribution in [0.4, 0.5) is 0 Å². The van der Waals surface area contributed by atoms with Crippen LogP contribution in [0.2, 0.25) is 0 Å². The van der Waals surface area contributed by atoms with E-state index >= 15 is 0 Å². The Bertz CT molecular complexity index is 175. The van der Waals surface area contributed by atoms with Gasteiger partial charge in [-0.15, -0.1) is 0 Å². The van der Waals surface area contributed by atoms with E-state index in [-0.39, 0.29) is 12.1 Å². The zero-order valence-corrected chi connectivity index (χ0v) is 6.14. The van der Waals surface area contributed by atoms with Gasteiger partial charge in [-0.25, -0.2) is 0 Å². The Balaban J connectivity index is 2.19. The molecule has 2 saturated carbocycles. The molecule has 0 aliphatic heterocycles. The number of hydrogen-bond acceptors (Lipinski definition) is 4. The van der Waals surface area contributed by atoms with Crippen molar-refractivity contribution in [1.29, 1.82) is 0 Å². The van der Waals surface area contributed by atoms with Crippen LogP contribution in [-0.4, -0.2) is 12.1 Å². The molecule has 0 heterocycles. The highest BCUT2D eigenvalue weighted by Gasteiger charge is 2.49. The second kappa shape index (κ2) is 2.36. The summed E-state index contributed by atoms with van der Waals surface area (Å²) in [5.41, 5.74) is 0. The van der Waals surface area contributed by atoms with Crippen LogP contribution in [0, 0.1) is 21.6 Å². The first-order valence-corrected chi connectivity index (χ1v) is 4.01. The zero-order chi connectivity index (χ0) is 7.84. The highest BCUT2D eigenvalue weighted by atomic mass is 16.3. The number of hydrogen-bond donors (Lipinski definition) is 0. The van der Waals surface area contributed by atoms with Gasteiger partial charge in [0.1, 0.15) is 12.1 Å². The van der Waals surface area contributed by atoms with Gasteiger partial charge in [-0.3, -0.25) is 0 Å². The first-order valence-electron chi connectivity index (χ1n) is 4.01. The number of fused-ring (bicyclic) bond motifs is 2. The molecule has 2 aliphatic rings. The second-order valence-corrected chi connectivity index (χ2v) is 3.53. The van der Waals surface area contributed by atoms with Crippen molar-refractivity contribution in [2.45, 2.75) is 31.3 Å². The quantitative estimate of drug-likeness (QED) is 0.568. The standard InChI is InChI=1S/C7H10N2O2/c10-8-6-4-1-2-5(3-4)7(6)9-11/h4-7H,1-3H2/t4-,5+,6-,7+. The van der Waals surface area contributed by atoms with E-state index in [1.165, 1.54) is 0 Å². The number of rotatable bonds is 2. The lowest BCUT2D eigenvalue weighted by atomic mass is 9.92. The predicted octanol–water partition coefficient (Wildman–Crippen LogP) is 1.69. The van der Waals surface area contributed by atoms with Crippen LogP contribution < -0.4 is 0 Å². The van der Waals surface area contributed by atoms with Crippen molar-refractivity contribution >= 4 is 0 Å². The molecule has 0 aromatic heterocycles. The number of nitroso groups, excluding NO2 is 2. The Morgan fingerprint density at radius 2 is 1.36 bits per heavy atom. The van der Waals surface area contributed by atoms with E-state index in [2.05, 4.69) is 10.4 Å². The normalized spacial score (nSPS) is 47.6. The van der Waals surface area contributed by atoms with Crippen LogP contribution in [0.25, 0.3) is 0 Å². The molecule has 2 aliphatic carbocycles. The molecular weight excluding hydrogens is 144 g/mol. The summed E-state index contributed by atoms with van der Waals surface area (Å²) in [4.78, 5) is 20.6. The Hall–Kier alpha value is -0.800. The van der Waals surface area contributed by atoms with E-state index in [9.17, 15) is 9.81 Å². The SMILES string of the molecule is O=N[C@@H]1[C@@H]2CC[C@@H](C2)[C@@H]1N=O. The number of nitrogens with zero attached hydrogens (tertiary/aromatic N) is 2. The van der Waals surface area contributed by atoms with Crippen molar-refractivity contribution in [3.63, 3.8) is 0 Å². The lowest BCUT2D eigenvalue weighted by Crippen LogP contribution is -2.28. The van der Waals surface area contributed by atoms with Crippen molar-refractivity contribution < 1.29 is 0 Å². The van der Waals surface area contributed by atoms with Crippen LogP contribution in [0.15, 0.2) is 10.4 Å². The molecule has 4 atom stereocenters.